The maximum absolute atomic E-state index is 4.02. The fraction of sp³-hybridized carbons (Fsp3) is 0.727. The first-order valence-corrected chi connectivity index (χ1v) is 5.34. The molecule has 0 aromatic carbocycles. The average molecular weight is 196 g/mol. The number of aryl methyl sites for hydroxylation is 1. The summed E-state index contributed by atoms with van der Waals surface area (Å²) < 4.78 is 3.22. The van der Waals surface area contributed by atoms with Crippen molar-refractivity contribution in [2.24, 2.45) is 0 Å². The van der Waals surface area contributed by atoms with E-state index in [0.29, 0.717) is 0 Å². The van der Waals surface area contributed by atoms with E-state index < -0.39 is 0 Å². The van der Waals surface area contributed by atoms with Crippen LogP contribution >= 0.6 is 0 Å². The molecule has 0 amide bonds. The minimum absolute atomic E-state index is 1.07. The van der Waals surface area contributed by atoms with Gasteiger partial charge in [-0.15, -0.1) is 0 Å². The summed E-state index contributed by atoms with van der Waals surface area (Å²) in [6, 6.07) is 0. The van der Waals surface area contributed by atoms with E-state index in [9.17, 15) is 0 Å². The Morgan fingerprint density at radius 3 is 2.50 bits per heavy atom. The van der Waals surface area contributed by atoms with Crippen molar-refractivity contribution in [1.29, 1.82) is 0 Å². The lowest BCUT2D eigenvalue weighted by Crippen LogP contribution is -2.35. The van der Waals surface area contributed by atoms with Crippen LogP contribution in [0.5, 0.6) is 0 Å². The molecule has 1 rings (SSSR count). The van der Waals surface area contributed by atoms with Crippen LogP contribution < -0.4 is 0 Å². The number of hydrogen-bond donors (Lipinski definition) is 0. The molecule has 0 atom stereocenters. The topological polar surface area (TPSA) is 17.8 Å². The molecular weight excluding hydrogens is 174 g/mol. The number of hydrogen-bond acceptors (Lipinski definition) is 1. The quantitative estimate of drug-likeness (QED) is 0.501. The zero-order chi connectivity index (χ0) is 10.4. The van der Waals surface area contributed by atoms with Gasteiger partial charge in [0.05, 0.1) is 34.0 Å². The predicted molar refractivity (Wildman–Crippen MR) is 59.0 cm³/mol. The van der Waals surface area contributed by atoms with Gasteiger partial charge in [-0.05, 0) is 19.3 Å². The highest BCUT2D eigenvalue weighted by Crippen LogP contribution is 2.02. The number of quaternary nitrogens is 1. The van der Waals surface area contributed by atoms with Crippen LogP contribution in [0.2, 0.25) is 0 Å². The van der Waals surface area contributed by atoms with Gasteiger partial charge >= 0.3 is 0 Å². The molecule has 1 aromatic heterocycles. The normalized spacial score (nSPS) is 11.9. The van der Waals surface area contributed by atoms with Gasteiger partial charge < -0.3 is 9.05 Å². The third kappa shape index (κ3) is 5.02. The fourth-order valence-corrected chi connectivity index (χ4v) is 1.48. The maximum Gasteiger partial charge on any atom is 0.0945 e. The lowest BCUT2D eigenvalue weighted by Gasteiger charge is -2.23. The third-order valence-electron chi connectivity index (χ3n) is 2.30. The van der Waals surface area contributed by atoms with E-state index in [1.807, 2.05) is 18.7 Å². The Labute approximate surface area is 87.0 Å². The van der Waals surface area contributed by atoms with Gasteiger partial charge in [0, 0.05) is 18.9 Å². The summed E-state index contributed by atoms with van der Waals surface area (Å²) in [6.07, 6.45) is 9.65. The number of imidazole rings is 1. The summed E-state index contributed by atoms with van der Waals surface area (Å²) in [5.74, 6) is 0. The molecule has 0 aliphatic heterocycles. The zero-order valence-corrected chi connectivity index (χ0v) is 9.61. The second-order valence-corrected chi connectivity index (χ2v) is 4.88. The molecule has 0 bridgehead atoms. The van der Waals surface area contributed by atoms with Gasteiger partial charge in [0.1, 0.15) is 0 Å². The highest BCUT2D eigenvalue weighted by molar-refractivity contribution is 4.73. The molecule has 0 saturated carbocycles. The van der Waals surface area contributed by atoms with Crippen LogP contribution in [0, 0.1) is 0 Å². The van der Waals surface area contributed by atoms with Crippen LogP contribution in [-0.4, -0.2) is 41.7 Å². The summed E-state index contributed by atoms with van der Waals surface area (Å²) in [5, 5.41) is 0. The maximum atomic E-state index is 4.02. The van der Waals surface area contributed by atoms with Crippen molar-refractivity contribution in [1.82, 2.24) is 9.55 Å². The van der Waals surface area contributed by atoms with Gasteiger partial charge in [-0.1, -0.05) is 0 Å². The first-order chi connectivity index (χ1) is 6.58. The fourth-order valence-electron chi connectivity index (χ4n) is 1.48. The van der Waals surface area contributed by atoms with Crippen molar-refractivity contribution in [3.8, 4) is 0 Å². The van der Waals surface area contributed by atoms with Crippen molar-refractivity contribution in [3.63, 3.8) is 0 Å². The molecular formula is C11H22N3+. The highest BCUT2D eigenvalue weighted by atomic mass is 15.3. The smallest absolute Gasteiger partial charge is 0.0945 e. The molecule has 0 radical (unpaired) electrons. The first-order valence-electron chi connectivity index (χ1n) is 5.34. The van der Waals surface area contributed by atoms with Gasteiger partial charge in [-0.2, -0.15) is 0 Å². The van der Waals surface area contributed by atoms with Crippen LogP contribution in [0.15, 0.2) is 18.7 Å². The molecule has 0 saturated heterocycles. The minimum atomic E-state index is 1.07. The lowest BCUT2D eigenvalue weighted by molar-refractivity contribution is -0.870. The summed E-state index contributed by atoms with van der Waals surface area (Å²) >= 11 is 0. The monoisotopic (exact) mass is 196 g/mol. The summed E-state index contributed by atoms with van der Waals surface area (Å²) in [5.41, 5.74) is 0. The van der Waals surface area contributed by atoms with Crippen LogP contribution in [-0.2, 0) is 6.54 Å². The number of aromatic nitrogens is 2. The Kier molecular flexibility index (Phi) is 4.14. The van der Waals surface area contributed by atoms with Crippen LogP contribution in [0.1, 0.15) is 19.3 Å². The molecule has 1 heterocycles. The molecule has 0 fully saturated rings. The van der Waals surface area contributed by atoms with Crippen molar-refractivity contribution in [2.45, 2.75) is 25.8 Å². The van der Waals surface area contributed by atoms with E-state index in [4.69, 9.17) is 0 Å². The average Bonchev–Trinajstić information content (AvgIpc) is 2.54. The lowest BCUT2D eigenvalue weighted by atomic mass is 10.2. The Morgan fingerprint density at radius 2 is 1.93 bits per heavy atom. The molecule has 0 N–H and O–H groups in total. The molecule has 3 nitrogen and oxygen atoms in total. The van der Waals surface area contributed by atoms with Crippen molar-refractivity contribution in [3.05, 3.63) is 18.7 Å². The molecule has 14 heavy (non-hydrogen) atoms. The Morgan fingerprint density at radius 1 is 1.14 bits per heavy atom. The molecule has 0 spiro atoms. The summed E-state index contributed by atoms with van der Waals surface area (Å²) in [6.45, 7) is 2.38. The van der Waals surface area contributed by atoms with E-state index in [2.05, 4.69) is 30.7 Å². The second-order valence-electron chi connectivity index (χ2n) is 4.88. The summed E-state index contributed by atoms with van der Waals surface area (Å²) in [4.78, 5) is 4.02. The van der Waals surface area contributed by atoms with Crippen LogP contribution in [0.3, 0.4) is 0 Å². The van der Waals surface area contributed by atoms with E-state index in [1.165, 1.54) is 25.8 Å². The molecule has 80 valence electrons. The van der Waals surface area contributed by atoms with Crippen molar-refractivity contribution >= 4 is 0 Å². The Bertz CT molecular complexity index is 234. The SMILES string of the molecule is C[N+](C)(C)CCCCCn1ccnc1. The highest BCUT2D eigenvalue weighted by Gasteiger charge is 2.04. The second kappa shape index (κ2) is 5.15. The minimum Gasteiger partial charge on any atom is -0.337 e. The molecule has 0 aliphatic carbocycles. The van der Waals surface area contributed by atoms with Gasteiger partial charge in [0.15, 0.2) is 0 Å². The molecule has 3 heteroatoms. The largest absolute Gasteiger partial charge is 0.337 e. The van der Waals surface area contributed by atoms with E-state index in [-0.39, 0.29) is 0 Å². The van der Waals surface area contributed by atoms with Gasteiger partial charge in [0.2, 0.25) is 0 Å². The van der Waals surface area contributed by atoms with Crippen LogP contribution in [0.25, 0.3) is 0 Å². The van der Waals surface area contributed by atoms with E-state index in [0.717, 1.165) is 11.0 Å². The third-order valence-corrected chi connectivity index (χ3v) is 2.30. The van der Waals surface area contributed by atoms with E-state index >= 15 is 0 Å². The zero-order valence-electron chi connectivity index (χ0n) is 9.61. The number of rotatable bonds is 6. The van der Waals surface area contributed by atoms with Crippen molar-refractivity contribution in [2.75, 3.05) is 27.7 Å². The number of unbranched alkanes of at least 4 members (excludes halogenated alkanes) is 2. The predicted octanol–water partition coefficient (Wildman–Crippen LogP) is 1.76. The van der Waals surface area contributed by atoms with Gasteiger partial charge in [0.25, 0.3) is 0 Å². The van der Waals surface area contributed by atoms with Crippen LogP contribution in [0.4, 0.5) is 0 Å². The first kappa shape index (κ1) is 11.2. The Hall–Kier alpha value is -0.830. The number of nitrogens with zero attached hydrogens (tertiary/aromatic N) is 3. The molecule has 1 aromatic rings. The van der Waals surface area contributed by atoms with E-state index in [1.54, 1.807) is 0 Å². The van der Waals surface area contributed by atoms with Crippen molar-refractivity contribution < 1.29 is 4.48 Å². The summed E-state index contributed by atoms with van der Waals surface area (Å²) in [7, 11) is 6.74. The standard InChI is InChI=1S/C11H22N3/c1-14(2,3)10-6-4-5-8-13-9-7-12-11-13/h7,9,11H,4-6,8,10H2,1-3H3/q+1. The molecule has 0 unspecified atom stereocenters. The Balaban J connectivity index is 2.00. The molecule has 0 aliphatic rings. The van der Waals surface area contributed by atoms with Gasteiger partial charge in [-0.25, -0.2) is 4.98 Å². The van der Waals surface area contributed by atoms with Gasteiger partial charge in [-0.3, -0.25) is 0 Å².